The normalized spacial score (nSPS) is 13.3. The number of rotatable bonds is 7. The Morgan fingerprint density at radius 1 is 1.30 bits per heavy atom. The van der Waals surface area contributed by atoms with Crippen molar-refractivity contribution in [2.75, 3.05) is 27.8 Å². The van der Waals surface area contributed by atoms with Gasteiger partial charge in [-0.1, -0.05) is 0 Å². The summed E-state index contributed by atoms with van der Waals surface area (Å²) in [5.41, 5.74) is 0. The van der Waals surface area contributed by atoms with Gasteiger partial charge in [0.15, 0.2) is 0 Å². The van der Waals surface area contributed by atoms with E-state index in [-0.39, 0.29) is 17.2 Å². The Hall–Kier alpha value is -1.31. The second kappa shape index (κ2) is 6.92. The molecule has 1 atom stereocenters. The Morgan fingerprint density at radius 3 is 2.45 bits per heavy atom. The van der Waals surface area contributed by atoms with E-state index in [9.17, 15) is 13.5 Å². The number of aliphatic hydroxyl groups is 1. The van der Waals surface area contributed by atoms with Crippen LogP contribution in [0.1, 0.15) is 13.3 Å². The molecule has 6 nitrogen and oxygen atoms in total. The molecule has 1 rings (SSSR count). The van der Waals surface area contributed by atoms with Gasteiger partial charge in [0.05, 0.1) is 20.3 Å². The average Bonchev–Trinajstić information content (AvgIpc) is 2.43. The Balaban J connectivity index is 3.08. The van der Waals surface area contributed by atoms with E-state index in [0.29, 0.717) is 12.2 Å². The molecule has 0 radical (unpaired) electrons. The number of sulfonamides is 1. The third-order valence-electron chi connectivity index (χ3n) is 2.92. The van der Waals surface area contributed by atoms with Crippen LogP contribution in [-0.2, 0) is 10.0 Å². The molecule has 1 aromatic rings. The summed E-state index contributed by atoms with van der Waals surface area (Å²) in [7, 11) is 0.717. The summed E-state index contributed by atoms with van der Waals surface area (Å²) in [4.78, 5) is 0.0777. The summed E-state index contributed by atoms with van der Waals surface area (Å²) in [5, 5.41) is 9.24. The number of ether oxygens (including phenoxy) is 2. The molecular formula is C13H21NO5S. The van der Waals surface area contributed by atoms with Crippen molar-refractivity contribution in [1.82, 2.24) is 4.31 Å². The van der Waals surface area contributed by atoms with Gasteiger partial charge in [-0.05, 0) is 25.5 Å². The highest BCUT2D eigenvalue weighted by molar-refractivity contribution is 7.89. The minimum absolute atomic E-state index is 0.0777. The first-order valence-corrected chi connectivity index (χ1v) is 7.63. The first-order valence-electron chi connectivity index (χ1n) is 6.19. The molecule has 0 aromatic heterocycles. The lowest BCUT2D eigenvalue weighted by molar-refractivity contribution is 0.177. The Kier molecular flexibility index (Phi) is 5.79. The van der Waals surface area contributed by atoms with Crippen LogP contribution in [0.15, 0.2) is 23.1 Å². The summed E-state index contributed by atoms with van der Waals surface area (Å²) in [6.45, 7) is 1.85. The monoisotopic (exact) mass is 303 g/mol. The van der Waals surface area contributed by atoms with Crippen LogP contribution in [0.2, 0.25) is 0 Å². The van der Waals surface area contributed by atoms with E-state index in [4.69, 9.17) is 9.47 Å². The predicted octanol–water partition coefficient (Wildman–Crippen LogP) is 1.10. The Bertz CT molecular complexity index is 542. The highest BCUT2D eigenvalue weighted by Crippen LogP contribution is 2.30. The molecule has 1 N–H and O–H groups in total. The highest BCUT2D eigenvalue weighted by atomic mass is 32.2. The van der Waals surface area contributed by atoms with Crippen molar-refractivity contribution in [2.24, 2.45) is 0 Å². The van der Waals surface area contributed by atoms with Crippen molar-refractivity contribution in [1.29, 1.82) is 0 Å². The van der Waals surface area contributed by atoms with Gasteiger partial charge in [0.1, 0.15) is 16.4 Å². The van der Waals surface area contributed by atoms with E-state index < -0.39 is 16.1 Å². The van der Waals surface area contributed by atoms with Gasteiger partial charge < -0.3 is 14.6 Å². The standard InChI is InChI=1S/C13H21NO5S/c1-10(15)7-8-14(2)20(16,17)13-6-5-11(18-3)9-12(13)19-4/h5-6,9-10,15H,7-8H2,1-4H3. The minimum atomic E-state index is -3.66. The molecule has 0 bridgehead atoms. The summed E-state index contributed by atoms with van der Waals surface area (Å²) in [5.74, 6) is 0.751. The largest absolute Gasteiger partial charge is 0.497 e. The fraction of sp³-hybridized carbons (Fsp3) is 0.538. The molecular weight excluding hydrogens is 282 g/mol. The molecule has 1 unspecified atom stereocenters. The predicted molar refractivity (Wildman–Crippen MR) is 75.7 cm³/mol. The SMILES string of the molecule is COc1ccc(S(=O)(=O)N(C)CCC(C)O)c(OC)c1. The smallest absolute Gasteiger partial charge is 0.246 e. The molecule has 0 saturated heterocycles. The van der Waals surface area contributed by atoms with Crippen LogP contribution in [0.3, 0.4) is 0 Å². The van der Waals surface area contributed by atoms with Crippen molar-refractivity contribution in [3.63, 3.8) is 0 Å². The Labute approximate surface area is 120 Å². The second-order valence-corrected chi connectivity index (χ2v) is 6.49. The fourth-order valence-corrected chi connectivity index (χ4v) is 2.96. The molecule has 0 heterocycles. The van der Waals surface area contributed by atoms with E-state index >= 15 is 0 Å². The van der Waals surface area contributed by atoms with Crippen LogP contribution in [0, 0.1) is 0 Å². The van der Waals surface area contributed by atoms with Gasteiger partial charge in [-0.15, -0.1) is 0 Å². The topological polar surface area (TPSA) is 76.1 Å². The van der Waals surface area contributed by atoms with Crippen molar-refractivity contribution < 1.29 is 23.0 Å². The molecule has 0 fully saturated rings. The third kappa shape index (κ3) is 3.84. The highest BCUT2D eigenvalue weighted by Gasteiger charge is 2.25. The lowest BCUT2D eigenvalue weighted by Gasteiger charge is -2.19. The molecule has 0 spiro atoms. The molecule has 114 valence electrons. The zero-order chi connectivity index (χ0) is 15.3. The number of benzene rings is 1. The molecule has 0 amide bonds. The van der Waals surface area contributed by atoms with Crippen molar-refractivity contribution in [2.45, 2.75) is 24.3 Å². The number of methoxy groups -OCH3 is 2. The average molecular weight is 303 g/mol. The molecule has 0 saturated carbocycles. The van der Waals surface area contributed by atoms with Gasteiger partial charge in [-0.25, -0.2) is 12.7 Å². The first-order chi connectivity index (χ1) is 9.32. The van der Waals surface area contributed by atoms with Crippen LogP contribution in [0.5, 0.6) is 11.5 Å². The van der Waals surface area contributed by atoms with Gasteiger partial charge in [0.2, 0.25) is 10.0 Å². The van der Waals surface area contributed by atoms with Crippen molar-refractivity contribution >= 4 is 10.0 Å². The van der Waals surface area contributed by atoms with Crippen LogP contribution in [-0.4, -0.2) is 51.7 Å². The first kappa shape index (κ1) is 16.7. The summed E-state index contributed by atoms with van der Waals surface area (Å²) in [6, 6.07) is 4.54. The van der Waals surface area contributed by atoms with Crippen molar-refractivity contribution in [3.8, 4) is 11.5 Å². The molecule has 20 heavy (non-hydrogen) atoms. The van der Waals surface area contributed by atoms with Gasteiger partial charge in [0.25, 0.3) is 0 Å². The van der Waals surface area contributed by atoms with Crippen molar-refractivity contribution in [3.05, 3.63) is 18.2 Å². The van der Waals surface area contributed by atoms with E-state index in [1.165, 1.54) is 37.7 Å². The molecule has 7 heteroatoms. The molecule has 0 aliphatic carbocycles. The van der Waals surface area contributed by atoms with Gasteiger partial charge in [-0.3, -0.25) is 0 Å². The fourth-order valence-electron chi connectivity index (χ4n) is 1.64. The van der Waals surface area contributed by atoms with Gasteiger partial charge in [0, 0.05) is 19.7 Å². The van der Waals surface area contributed by atoms with Gasteiger partial charge >= 0.3 is 0 Å². The third-order valence-corrected chi connectivity index (χ3v) is 4.82. The quantitative estimate of drug-likeness (QED) is 0.816. The molecule has 1 aromatic carbocycles. The maximum absolute atomic E-state index is 12.4. The lowest BCUT2D eigenvalue weighted by atomic mass is 10.3. The number of hydrogen-bond acceptors (Lipinski definition) is 5. The van der Waals surface area contributed by atoms with Crippen LogP contribution < -0.4 is 9.47 Å². The zero-order valence-corrected chi connectivity index (χ0v) is 13.0. The summed E-state index contributed by atoms with van der Waals surface area (Å²) in [6.07, 6.45) is -0.181. The number of hydrogen-bond donors (Lipinski definition) is 1. The van der Waals surface area contributed by atoms with Crippen LogP contribution in [0.25, 0.3) is 0 Å². The van der Waals surface area contributed by atoms with E-state index in [2.05, 4.69) is 0 Å². The summed E-state index contributed by atoms with van der Waals surface area (Å²) < 4.78 is 36.3. The zero-order valence-electron chi connectivity index (χ0n) is 12.2. The lowest BCUT2D eigenvalue weighted by Crippen LogP contribution is -2.29. The Morgan fingerprint density at radius 2 is 1.95 bits per heavy atom. The molecule has 0 aliphatic heterocycles. The second-order valence-electron chi connectivity index (χ2n) is 4.48. The van der Waals surface area contributed by atoms with Crippen LogP contribution >= 0.6 is 0 Å². The van der Waals surface area contributed by atoms with E-state index in [0.717, 1.165) is 0 Å². The minimum Gasteiger partial charge on any atom is -0.497 e. The number of aliphatic hydroxyl groups excluding tert-OH is 1. The van der Waals surface area contributed by atoms with Gasteiger partial charge in [-0.2, -0.15) is 0 Å². The maximum Gasteiger partial charge on any atom is 0.246 e. The summed E-state index contributed by atoms with van der Waals surface area (Å²) >= 11 is 0. The molecule has 0 aliphatic rings. The van der Waals surface area contributed by atoms with E-state index in [1.54, 1.807) is 13.0 Å². The van der Waals surface area contributed by atoms with Crippen LogP contribution in [0.4, 0.5) is 0 Å². The number of nitrogens with zero attached hydrogens (tertiary/aromatic N) is 1. The van der Waals surface area contributed by atoms with E-state index in [1.807, 2.05) is 0 Å². The maximum atomic E-state index is 12.4.